The SMILES string of the molecule is Cc1ncc(-c2cccc(CS(C)(=O)=O)c2)nc1-c1nnc(-c2ccccc2)o1.[HH]. The first-order valence-corrected chi connectivity index (χ1v) is 10.9. The lowest BCUT2D eigenvalue weighted by Crippen LogP contribution is -2.01. The van der Waals surface area contributed by atoms with Gasteiger partial charge in [-0.2, -0.15) is 0 Å². The summed E-state index contributed by atoms with van der Waals surface area (Å²) in [4.78, 5) is 9.06. The van der Waals surface area contributed by atoms with Crippen molar-refractivity contribution in [1.29, 1.82) is 0 Å². The number of nitrogens with zero attached hydrogens (tertiary/aromatic N) is 4. The van der Waals surface area contributed by atoms with Gasteiger partial charge in [0, 0.05) is 18.8 Å². The van der Waals surface area contributed by atoms with Gasteiger partial charge in [-0.25, -0.2) is 13.4 Å². The normalized spacial score (nSPS) is 11.5. The summed E-state index contributed by atoms with van der Waals surface area (Å²) in [6, 6.07) is 16.7. The molecule has 2 aromatic carbocycles. The van der Waals surface area contributed by atoms with Gasteiger partial charge in [-0.05, 0) is 30.7 Å². The minimum Gasteiger partial charge on any atom is -0.415 e. The van der Waals surface area contributed by atoms with Gasteiger partial charge in [0.25, 0.3) is 5.89 Å². The van der Waals surface area contributed by atoms with Crippen LogP contribution < -0.4 is 0 Å². The minimum absolute atomic E-state index is 0. The second-order valence-corrected chi connectivity index (χ2v) is 8.88. The Bertz CT molecular complexity index is 1270. The Labute approximate surface area is 169 Å². The fraction of sp³-hybridized carbons (Fsp3) is 0.143. The van der Waals surface area contributed by atoms with E-state index in [9.17, 15) is 8.42 Å². The van der Waals surface area contributed by atoms with Crippen molar-refractivity contribution in [2.24, 2.45) is 0 Å². The lowest BCUT2D eigenvalue weighted by atomic mass is 10.1. The van der Waals surface area contributed by atoms with E-state index in [1.807, 2.05) is 43.3 Å². The molecular formula is C21H20N4O3S. The van der Waals surface area contributed by atoms with Crippen LogP contribution in [-0.2, 0) is 15.6 Å². The zero-order chi connectivity index (χ0) is 20.4. The van der Waals surface area contributed by atoms with Crippen molar-refractivity contribution in [1.82, 2.24) is 20.2 Å². The Balaban J connectivity index is 0.00000256. The van der Waals surface area contributed by atoms with Crippen LogP contribution in [-0.4, -0.2) is 34.8 Å². The van der Waals surface area contributed by atoms with E-state index in [1.54, 1.807) is 24.4 Å². The molecule has 4 rings (SSSR count). The van der Waals surface area contributed by atoms with Crippen molar-refractivity contribution in [2.45, 2.75) is 12.7 Å². The Morgan fingerprint density at radius 3 is 2.45 bits per heavy atom. The Morgan fingerprint density at radius 2 is 1.69 bits per heavy atom. The molecule has 0 radical (unpaired) electrons. The van der Waals surface area contributed by atoms with Crippen molar-refractivity contribution in [2.75, 3.05) is 6.26 Å². The number of aryl methyl sites for hydroxylation is 1. The average molecular weight is 408 g/mol. The number of hydrogen-bond donors (Lipinski definition) is 0. The smallest absolute Gasteiger partial charge is 0.268 e. The summed E-state index contributed by atoms with van der Waals surface area (Å²) in [5, 5.41) is 8.24. The fourth-order valence-electron chi connectivity index (χ4n) is 2.93. The summed E-state index contributed by atoms with van der Waals surface area (Å²) >= 11 is 0. The summed E-state index contributed by atoms with van der Waals surface area (Å²) in [6.07, 6.45) is 2.86. The standard InChI is InChI=1S/C21H18N4O3S.H2/c1-14-19(21-25-24-20(28-21)16-8-4-3-5-9-16)23-18(12-22-14)17-10-6-7-15(11-17)13-29(2,26)27;/h3-12H,13H2,1-2H3;1H. The van der Waals surface area contributed by atoms with Gasteiger partial charge in [-0.1, -0.05) is 36.4 Å². The molecule has 7 nitrogen and oxygen atoms in total. The molecule has 0 bridgehead atoms. The first kappa shape index (κ1) is 18.9. The maximum Gasteiger partial charge on any atom is 0.268 e. The first-order valence-electron chi connectivity index (χ1n) is 8.89. The maximum absolute atomic E-state index is 11.6. The summed E-state index contributed by atoms with van der Waals surface area (Å²) in [6.45, 7) is 1.82. The van der Waals surface area contributed by atoms with Crippen LogP contribution in [0.1, 0.15) is 12.7 Å². The van der Waals surface area contributed by atoms with Crippen LogP contribution >= 0.6 is 0 Å². The quantitative estimate of drug-likeness (QED) is 0.493. The lowest BCUT2D eigenvalue weighted by molar-refractivity contribution is 0.581. The number of rotatable bonds is 5. The van der Waals surface area contributed by atoms with Crippen molar-refractivity contribution < 1.29 is 14.3 Å². The second-order valence-electron chi connectivity index (χ2n) is 6.74. The molecule has 0 saturated heterocycles. The molecule has 0 spiro atoms. The zero-order valence-electron chi connectivity index (χ0n) is 15.9. The summed E-state index contributed by atoms with van der Waals surface area (Å²) in [7, 11) is -3.13. The number of benzene rings is 2. The fourth-order valence-corrected chi connectivity index (χ4v) is 3.72. The number of hydrogen-bond acceptors (Lipinski definition) is 7. The highest BCUT2D eigenvalue weighted by molar-refractivity contribution is 7.89. The van der Waals surface area contributed by atoms with E-state index in [-0.39, 0.29) is 13.1 Å². The Kier molecular flexibility index (Phi) is 4.94. The van der Waals surface area contributed by atoms with Crippen molar-refractivity contribution in [3.8, 4) is 34.3 Å². The molecular weight excluding hydrogens is 388 g/mol. The molecule has 0 aliphatic heterocycles. The van der Waals surface area contributed by atoms with Gasteiger partial charge >= 0.3 is 0 Å². The van der Waals surface area contributed by atoms with Crippen LogP contribution in [0.2, 0.25) is 0 Å². The molecule has 8 heteroatoms. The Hall–Kier alpha value is -3.39. The van der Waals surface area contributed by atoms with Gasteiger partial charge in [-0.3, -0.25) is 4.98 Å². The molecule has 2 aromatic heterocycles. The maximum atomic E-state index is 11.6. The van der Waals surface area contributed by atoms with E-state index >= 15 is 0 Å². The van der Waals surface area contributed by atoms with Crippen molar-refractivity contribution in [3.05, 3.63) is 72.1 Å². The van der Waals surface area contributed by atoms with Gasteiger partial charge in [-0.15, -0.1) is 10.2 Å². The molecule has 0 aliphatic rings. The highest BCUT2D eigenvalue weighted by Crippen LogP contribution is 2.27. The van der Waals surface area contributed by atoms with Gasteiger partial charge in [0.1, 0.15) is 5.69 Å². The molecule has 29 heavy (non-hydrogen) atoms. The molecule has 0 fully saturated rings. The van der Waals surface area contributed by atoms with E-state index < -0.39 is 9.84 Å². The molecule has 0 aliphatic carbocycles. The Morgan fingerprint density at radius 1 is 0.966 bits per heavy atom. The van der Waals surface area contributed by atoms with Crippen LogP contribution in [0.5, 0.6) is 0 Å². The van der Waals surface area contributed by atoms with Gasteiger partial charge in [0.15, 0.2) is 9.84 Å². The third kappa shape index (κ3) is 4.38. The van der Waals surface area contributed by atoms with Gasteiger partial charge in [0.2, 0.25) is 5.89 Å². The van der Waals surface area contributed by atoms with Crippen molar-refractivity contribution in [3.63, 3.8) is 0 Å². The first-order chi connectivity index (χ1) is 13.9. The molecule has 2 heterocycles. The summed E-state index contributed by atoms with van der Waals surface area (Å²) < 4.78 is 29.0. The molecule has 0 unspecified atom stereocenters. The zero-order valence-corrected chi connectivity index (χ0v) is 16.7. The van der Waals surface area contributed by atoms with Crippen LogP contribution in [0.15, 0.2) is 65.2 Å². The number of aromatic nitrogens is 4. The highest BCUT2D eigenvalue weighted by atomic mass is 32.2. The van der Waals surface area contributed by atoms with Gasteiger partial charge < -0.3 is 4.42 Å². The van der Waals surface area contributed by atoms with Crippen molar-refractivity contribution >= 4 is 9.84 Å². The van der Waals surface area contributed by atoms with E-state index in [0.717, 1.165) is 11.1 Å². The van der Waals surface area contributed by atoms with E-state index in [0.29, 0.717) is 28.5 Å². The summed E-state index contributed by atoms with van der Waals surface area (Å²) in [5.74, 6) is 0.655. The topological polar surface area (TPSA) is 98.8 Å². The molecule has 0 atom stereocenters. The number of sulfone groups is 1. The molecule has 4 aromatic rings. The van der Waals surface area contributed by atoms with E-state index in [4.69, 9.17) is 4.42 Å². The average Bonchev–Trinajstić information content (AvgIpc) is 3.18. The predicted molar refractivity (Wildman–Crippen MR) is 112 cm³/mol. The molecule has 0 amide bonds. The summed E-state index contributed by atoms with van der Waals surface area (Å²) in [5.41, 5.74) is 4.03. The minimum atomic E-state index is -3.13. The van der Waals surface area contributed by atoms with Crippen LogP contribution in [0.4, 0.5) is 0 Å². The molecule has 0 saturated carbocycles. The third-order valence-electron chi connectivity index (χ3n) is 4.26. The lowest BCUT2D eigenvalue weighted by Gasteiger charge is -2.06. The van der Waals surface area contributed by atoms with Crippen LogP contribution in [0.3, 0.4) is 0 Å². The van der Waals surface area contributed by atoms with E-state index in [2.05, 4.69) is 20.2 Å². The van der Waals surface area contributed by atoms with Gasteiger partial charge in [0.05, 0.1) is 23.3 Å². The monoisotopic (exact) mass is 408 g/mol. The predicted octanol–water partition coefficient (Wildman–Crippen LogP) is 3.96. The highest BCUT2D eigenvalue weighted by Gasteiger charge is 2.16. The second kappa shape index (κ2) is 7.56. The third-order valence-corrected chi connectivity index (χ3v) is 5.11. The van der Waals surface area contributed by atoms with Crippen LogP contribution in [0.25, 0.3) is 34.3 Å². The largest absolute Gasteiger partial charge is 0.415 e. The molecule has 0 N–H and O–H groups in total. The van der Waals surface area contributed by atoms with E-state index in [1.165, 1.54) is 6.26 Å². The van der Waals surface area contributed by atoms with Crippen LogP contribution in [0, 0.1) is 6.92 Å². The molecule has 148 valence electrons.